The Morgan fingerprint density at radius 2 is 1.97 bits per heavy atom. The first-order valence-corrected chi connectivity index (χ1v) is 13.6. The molecule has 4 rings (SSSR count). The molecule has 37 heavy (non-hydrogen) atoms. The first-order chi connectivity index (χ1) is 17.8. The summed E-state index contributed by atoms with van der Waals surface area (Å²) in [5, 5.41) is 21.7. The van der Waals surface area contributed by atoms with Gasteiger partial charge in [0.15, 0.2) is 0 Å². The Hall–Kier alpha value is -2.03. The SMILES string of the molecule is C=C1CC(C)CC2CC=CC(C/C=C\C(=O)O[C@H]([C@@H](O)/C=C/C3CC(C)=CCO3)C[C@@H]3O[C@H]3[C@@H](O)C1)O2. The smallest absolute Gasteiger partial charge is 0.330 e. The molecule has 4 heterocycles. The fourth-order valence-electron chi connectivity index (χ4n) is 5.45. The maximum absolute atomic E-state index is 12.6. The lowest BCUT2D eigenvalue weighted by atomic mass is 9.91. The largest absolute Gasteiger partial charge is 0.456 e. The van der Waals surface area contributed by atoms with Crippen molar-refractivity contribution in [3.63, 3.8) is 0 Å². The average molecular weight is 515 g/mol. The van der Waals surface area contributed by atoms with Crippen LogP contribution in [-0.2, 0) is 23.7 Å². The van der Waals surface area contributed by atoms with Crippen LogP contribution in [0.2, 0.25) is 0 Å². The summed E-state index contributed by atoms with van der Waals surface area (Å²) in [4.78, 5) is 12.6. The van der Waals surface area contributed by atoms with Gasteiger partial charge in [-0.15, -0.1) is 0 Å². The summed E-state index contributed by atoms with van der Waals surface area (Å²) in [7, 11) is 0. The zero-order valence-electron chi connectivity index (χ0n) is 22.0. The van der Waals surface area contributed by atoms with E-state index in [1.165, 1.54) is 11.6 Å². The number of carbonyl (C=O) groups is 1. The highest BCUT2D eigenvalue weighted by molar-refractivity contribution is 5.82. The van der Waals surface area contributed by atoms with Crippen molar-refractivity contribution in [2.45, 2.75) is 108 Å². The van der Waals surface area contributed by atoms with E-state index in [2.05, 4.69) is 26.5 Å². The van der Waals surface area contributed by atoms with Crippen molar-refractivity contribution in [3.05, 3.63) is 60.3 Å². The standard InChI is InChI=1S/C30H42O7/c1-19-12-13-34-23(15-19)10-11-25(31)27-18-28-30(37-28)26(32)17-21(3)14-20(2)16-24-8-4-6-22(35-24)7-5-9-29(33)36-27/h4-6,9-12,20,22-28,30-32H,3,7-8,13-18H2,1-2H3/b9-5-,11-10+/t20?,22?,23?,24?,25-,26-,27-,28-,30-/m0/s1. The molecule has 4 unspecified atom stereocenters. The van der Waals surface area contributed by atoms with E-state index in [9.17, 15) is 15.0 Å². The van der Waals surface area contributed by atoms with Gasteiger partial charge in [0.25, 0.3) is 0 Å². The molecule has 1 fully saturated rings. The van der Waals surface area contributed by atoms with Crippen molar-refractivity contribution in [1.29, 1.82) is 0 Å². The number of ether oxygens (including phenoxy) is 4. The summed E-state index contributed by atoms with van der Waals surface area (Å²) in [6.45, 7) is 8.98. The molecule has 7 heteroatoms. The second kappa shape index (κ2) is 13.2. The average Bonchev–Trinajstić information content (AvgIpc) is 3.61. The first-order valence-electron chi connectivity index (χ1n) is 13.6. The summed E-state index contributed by atoms with van der Waals surface area (Å²) in [6.07, 6.45) is 14.3. The minimum absolute atomic E-state index is 0.0863. The van der Waals surface area contributed by atoms with E-state index < -0.39 is 24.3 Å². The third kappa shape index (κ3) is 8.76. The van der Waals surface area contributed by atoms with E-state index in [0.717, 1.165) is 31.3 Å². The predicted molar refractivity (Wildman–Crippen MR) is 141 cm³/mol. The van der Waals surface area contributed by atoms with Crippen molar-refractivity contribution >= 4 is 5.97 Å². The molecular formula is C30H42O7. The van der Waals surface area contributed by atoms with Gasteiger partial charge in [0.1, 0.15) is 18.3 Å². The van der Waals surface area contributed by atoms with Crippen molar-refractivity contribution in [3.8, 4) is 0 Å². The van der Waals surface area contributed by atoms with Gasteiger partial charge in [-0.25, -0.2) is 4.79 Å². The van der Waals surface area contributed by atoms with Crippen LogP contribution in [0.3, 0.4) is 0 Å². The van der Waals surface area contributed by atoms with Crippen molar-refractivity contribution < 1.29 is 34.0 Å². The van der Waals surface area contributed by atoms with E-state index in [1.807, 2.05) is 18.2 Å². The molecule has 0 aromatic carbocycles. The molecule has 0 amide bonds. The van der Waals surface area contributed by atoms with Gasteiger partial charge in [-0.3, -0.25) is 0 Å². The van der Waals surface area contributed by atoms with Crippen LogP contribution in [0.4, 0.5) is 0 Å². The molecule has 2 N–H and O–H groups in total. The van der Waals surface area contributed by atoms with Crippen molar-refractivity contribution in [2.24, 2.45) is 5.92 Å². The second-order valence-electron chi connectivity index (χ2n) is 11.0. The number of hydrogen-bond donors (Lipinski definition) is 2. The zero-order chi connectivity index (χ0) is 26.4. The quantitative estimate of drug-likeness (QED) is 0.332. The summed E-state index contributed by atoms with van der Waals surface area (Å²) in [5.41, 5.74) is 2.23. The number of esters is 1. The van der Waals surface area contributed by atoms with Gasteiger partial charge in [0.2, 0.25) is 0 Å². The van der Waals surface area contributed by atoms with Gasteiger partial charge in [-0.1, -0.05) is 61.1 Å². The molecule has 4 aliphatic heterocycles. The third-order valence-corrected chi connectivity index (χ3v) is 7.44. The van der Waals surface area contributed by atoms with Crippen LogP contribution in [-0.4, -0.2) is 71.6 Å². The number of rotatable bonds is 3. The third-order valence-electron chi connectivity index (χ3n) is 7.44. The summed E-state index contributed by atoms with van der Waals surface area (Å²) >= 11 is 0. The van der Waals surface area contributed by atoms with Crippen molar-refractivity contribution in [2.75, 3.05) is 6.61 Å². The monoisotopic (exact) mass is 514 g/mol. The van der Waals surface area contributed by atoms with Gasteiger partial charge in [0, 0.05) is 12.5 Å². The second-order valence-corrected chi connectivity index (χ2v) is 11.0. The van der Waals surface area contributed by atoms with Crippen LogP contribution in [0.15, 0.2) is 60.3 Å². The Morgan fingerprint density at radius 1 is 1.14 bits per heavy atom. The fraction of sp³-hybridized carbons (Fsp3) is 0.633. The molecule has 9 atom stereocenters. The van der Waals surface area contributed by atoms with E-state index in [4.69, 9.17) is 18.9 Å². The van der Waals surface area contributed by atoms with Gasteiger partial charge in [-0.05, 0) is 51.4 Å². The molecule has 2 bridgehead atoms. The Bertz CT molecular complexity index is 919. The van der Waals surface area contributed by atoms with Crippen LogP contribution in [0.5, 0.6) is 0 Å². The molecule has 1 saturated heterocycles. The highest BCUT2D eigenvalue weighted by Crippen LogP contribution is 2.35. The summed E-state index contributed by atoms with van der Waals surface area (Å²) in [6, 6.07) is 0. The minimum atomic E-state index is -1.03. The molecule has 0 radical (unpaired) electrons. The van der Waals surface area contributed by atoms with Crippen LogP contribution in [0, 0.1) is 5.92 Å². The molecule has 7 nitrogen and oxygen atoms in total. The predicted octanol–water partition coefficient (Wildman–Crippen LogP) is 4.11. The number of aliphatic hydroxyl groups is 2. The maximum atomic E-state index is 12.6. The number of fused-ring (bicyclic) bond motifs is 3. The molecule has 0 aromatic rings. The van der Waals surface area contributed by atoms with E-state index >= 15 is 0 Å². The van der Waals surface area contributed by atoms with Gasteiger partial charge in [0.05, 0.1) is 37.1 Å². The Morgan fingerprint density at radius 3 is 2.78 bits per heavy atom. The topological polar surface area (TPSA) is 97.8 Å². The first kappa shape index (κ1) is 28.0. The number of hydrogen-bond acceptors (Lipinski definition) is 7. The van der Waals surface area contributed by atoms with Crippen LogP contribution >= 0.6 is 0 Å². The highest BCUT2D eigenvalue weighted by Gasteiger charge is 2.46. The van der Waals surface area contributed by atoms with Crippen molar-refractivity contribution in [1.82, 2.24) is 0 Å². The number of carbonyl (C=O) groups excluding carboxylic acids is 1. The molecule has 0 aromatic heterocycles. The minimum Gasteiger partial charge on any atom is -0.456 e. The zero-order valence-corrected chi connectivity index (χ0v) is 22.0. The van der Waals surface area contributed by atoms with Gasteiger partial charge < -0.3 is 29.2 Å². The van der Waals surface area contributed by atoms with E-state index in [1.54, 1.807) is 12.2 Å². The maximum Gasteiger partial charge on any atom is 0.330 e. The van der Waals surface area contributed by atoms with Crippen LogP contribution < -0.4 is 0 Å². The lowest BCUT2D eigenvalue weighted by Gasteiger charge is -2.28. The highest BCUT2D eigenvalue weighted by atomic mass is 16.6. The normalized spacial score (nSPS) is 39.6. The molecule has 204 valence electrons. The Labute approximate surface area is 220 Å². The Balaban J connectivity index is 1.44. The molecular weight excluding hydrogens is 472 g/mol. The van der Waals surface area contributed by atoms with Crippen LogP contribution in [0.25, 0.3) is 0 Å². The lowest BCUT2D eigenvalue weighted by molar-refractivity contribution is -0.148. The fourth-order valence-corrected chi connectivity index (χ4v) is 5.45. The van der Waals surface area contributed by atoms with E-state index in [0.29, 0.717) is 25.4 Å². The number of cyclic esters (lactones) is 1. The number of epoxide rings is 1. The number of aliphatic hydroxyl groups excluding tert-OH is 2. The van der Waals surface area contributed by atoms with Gasteiger partial charge >= 0.3 is 5.97 Å². The summed E-state index contributed by atoms with van der Waals surface area (Å²) in [5.74, 6) is -0.141. The van der Waals surface area contributed by atoms with Gasteiger partial charge in [-0.2, -0.15) is 0 Å². The molecule has 0 spiro atoms. The molecule has 0 saturated carbocycles. The molecule has 4 aliphatic rings. The molecule has 0 aliphatic carbocycles. The Kier molecular flexibility index (Phi) is 9.96. The van der Waals surface area contributed by atoms with Crippen LogP contribution in [0.1, 0.15) is 58.8 Å². The summed E-state index contributed by atoms with van der Waals surface area (Å²) < 4.78 is 23.4. The lowest BCUT2D eigenvalue weighted by Crippen LogP contribution is -2.32. The van der Waals surface area contributed by atoms with E-state index in [-0.39, 0.29) is 36.9 Å².